The summed E-state index contributed by atoms with van der Waals surface area (Å²) in [5.41, 5.74) is 3.55. The number of phenols is 1. The van der Waals surface area contributed by atoms with Gasteiger partial charge in [-0.05, 0) is 42.2 Å². The Morgan fingerprint density at radius 3 is 2.91 bits per heavy atom. The number of para-hydroxylation sites is 1. The summed E-state index contributed by atoms with van der Waals surface area (Å²) in [4.78, 5) is 14.1. The molecule has 23 heavy (non-hydrogen) atoms. The zero-order valence-corrected chi connectivity index (χ0v) is 12.7. The van der Waals surface area contributed by atoms with Gasteiger partial charge in [0.2, 0.25) is 0 Å². The zero-order valence-electron chi connectivity index (χ0n) is 12.7. The minimum absolute atomic E-state index is 0.0983. The van der Waals surface area contributed by atoms with Crippen LogP contribution in [0.25, 0.3) is 11.0 Å². The molecule has 0 spiro atoms. The fraction of sp³-hybridized carbons (Fsp3) is 0.211. The molecule has 1 N–H and O–H groups in total. The van der Waals surface area contributed by atoms with Crippen LogP contribution in [0.1, 0.15) is 17.5 Å². The number of aryl methyl sites for hydroxylation is 1. The van der Waals surface area contributed by atoms with Gasteiger partial charge in [-0.2, -0.15) is 0 Å². The molecule has 2 heterocycles. The van der Waals surface area contributed by atoms with Gasteiger partial charge in [-0.15, -0.1) is 0 Å². The van der Waals surface area contributed by atoms with Crippen LogP contribution in [0.2, 0.25) is 0 Å². The van der Waals surface area contributed by atoms with Crippen LogP contribution in [0.5, 0.6) is 5.75 Å². The van der Waals surface area contributed by atoms with Crippen molar-refractivity contribution in [1.29, 1.82) is 0 Å². The van der Waals surface area contributed by atoms with Crippen molar-refractivity contribution in [3.63, 3.8) is 0 Å². The highest BCUT2D eigenvalue weighted by atomic mass is 16.4. The molecule has 4 heteroatoms. The van der Waals surface area contributed by atoms with Crippen molar-refractivity contribution >= 4 is 16.7 Å². The second-order valence-electron chi connectivity index (χ2n) is 5.92. The monoisotopic (exact) mass is 307 g/mol. The standard InChI is InChI=1S/C19H17NO3/c21-15-7-8-16-14(10-19(22)23-18(16)11-15)12-20-9-3-5-13-4-1-2-6-17(13)20/h1-2,4,6-8,10-11,21H,3,5,9,12H2. The van der Waals surface area contributed by atoms with Gasteiger partial charge in [-0.1, -0.05) is 18.2 Å². The van der Waals surface area contributed by atoms with E-state index in [0.717, 1.165) is 30.3 Å². The van der Waals surface area contributed by atoms with Gasteiger partial charge >= 0.3 is 5.63 Å². The molecule has 4 nitrogen and oxygen atoms in total. The van der Waals surface area contributed by atoms with E-state index in [1.165, 1.54) is 17.3 Å². The molecule has 0 amide bonds. The Hall–Kier alpha value is -2.75. The number of hydrogen-bond donors (Lipinski definition) is 1. The fourth-order valence-corrected chi connectivity index (χ4v) is 3.33. The van der Waals surface area contributed by atoms with Crippen LogP contribution in [0.15, 0.2) is 57.7 Å². The average Bonchev–Trinajstić information content (AvgIpc) is 2.54. The maximum Gasteiger partial charge on any atom is 0.336 e. The molecule has 0 atom stereocenters. The second-order valence-corrected chi connectivity index (χ2v) is 5.92. The van der Waals surface area contributed by atoms with E-state index in [0.29, 0.717) is 12.1 Å². The van der Waals surface area contributed by atoms with Gasteiger partial charge in [0.25, 0.3) is 0 Å². The number of hydrogen-bond acceptors (Lipinski definition) is 4. The van der Waals surface area contributed by atoms with Gasteiger partial charge in [-0.25, -0.2) is 4.79 Å². The molecule has 1 aliphatic rings. The summed E-state index contributed by atoms with van der Waals surface area (Å²) in [7, 11) is 0. The molecule has 1 aliphatic heterocycles. The fourth-order valence-electron chi connectivity index (χ4n) is 3.33. The van der Waals surface area contributed by atoms with Crippen molar-refractivity contribution in [3.8, 4) is 5.75 Å². The highest BCUT2D eigenvalue weighted by Gasteiger charge is 2.18. The highest BCUT2D eigenvalue weighted by Crippen LogP contribution is 2.30. The van der Waals surface area contributed by atoms with Gasteiger partial charge in [-0.3, -0.25) is 0 Å². The van der Waals surface area contributed by atoms with Crippen LogP contribution in [0.3, 0.4) is 0 Å². The third kappa shape index (κ3) is 2.57. The van der Waals surface area contributed by atoms with Crippen molar-refractivity contribution in [2.75, 3.05) is 11.4 Å². The van der Waals surface area contributed by atoms with E-state index in [1.54, 1.807) is 18.2 Å². The lowest BCUT2D eigenvalue weighted by atomic mass is 10.0. The maximum atomic E-state index is 11.8. The Morgan fingerprint density at radius 2 is 2.00 bits per heavy atom. The van der Waals surface area contributed by atoms with Crippen molar-refractivity contribution < 1.29 is 9.52 Å². The Kier molecular flexibility index (Phi) is 3.30. The molecule has 0 saturated carbocycles. The summed E-state index contributed by atoms with van der Waals surface area (Å²) in [5.74, 6) is 0.0983. The van der Waals surface area contributed by atoms with Crippen LogP contribution < -0.4 is 10.5 Å². The summed E-state index contributed by atoms with van der Waals surface area (Å²) in [6, 6.07) is 14.9. The molecule has 4 rings (SSSR count). The third-order valence-corrected chi connectivity index (χ3v) is 4.38. The summed E-state index contributed by atoms with van der Waals surface area (Å²) in [5, 5.41) is 10.5. The van der Waals surface area contributed by atoms with Crippen LogP contribution in [0.4, 0.5) is 5.69 Å². The van der Waals surface area contributed by atoms with E-state index in [-0.39, 0.29) is 11.4 Å². The van der Waals surface area contributed by atoms with Gasteiger partial charge < -0.3 is 14.4 Å². The van der Waals surface area contributed by atoms with E-state index in [4.69, 9.17) is 4.42 Å². The van der Waals surface area contributed by atoms with Gasteiger partial charge in [0.15, 0.2) is 0 Å². The van der Waals surface area contributed by atoms with Gasteiger partial charge in [0.05, 0.1) is 0 Å². The molecule has 0 aliphatic carbocycles. The van der Waals surface area contributed by atoms with Crippen LogP contribution in [-0.2, 0) is 13.0 Å². The van der Waals surface area contributed by atoms with Crippen molar-refractivity contribution in [3.05, 3.63) is 70.1 Å². The smallest absolute Gasteiger partial charge is 0.336 e. The summed E-state index contributed by atoms with van der Waals surface area (Å²) >= 11 is 0. The minimum Gasteiger partial charge on any atom is -0.508 e. The quantitative estimate of drug-likeness (QED) is 0.737. The SMILES string of the molecule is O=c1cc(CN2CCCc3ccccc32)c2ccc(O)cc2o1. The molecular formula is C19H17NO3. The number of anilines is 1. The summed E-state index contributed by atoms with van der Waals surface area (Å²) in [6.45, 7) is 1.63. The van der Waals surface area contributed by atoms with E-state index >= 15 is 0 Å². The number of rotatable bonds is 2. The summed E-state index contributed by atoms with van der Waals surface area (Å²) in [6.07, 6.45) is 2.20. The number of fused-ring (bicyclic) bond motifs is 2. The molecule has 0 radical (unpaired) electrons. The Labute approximate surface area is 133 Å². The Morgan fingerprint density at radius 1 is 1.13 bits per heavy atom. The lowest BCUT2D eigenvalue weighted by molar-refractivity contribution is 0.473. The minimum atomic E-state index is -0.386. The molecule has 0 saturated heterocycles. The lowest BCUT2D eigenvalue weighted by Gasteiger charge is -2.31. The highest BCUT2D eigenvalue weighted by molar-refractivity contribution is 5.81. The first-order valence-corrected chi connectivity index (χ1v) is 7.79. The molecular weight excluding hydrogens is 290 g/mol. The van der Waals surface area contributed by atoms with E-state index < -0.39 is 0 Å². The number of phenolic OH excluding ortho intramolecular Hbond substituents is 1. The van der Waals surface area contributed by atoms with Gasteiger partial charge in [0, 0.05) is 36.3 Å². The van der Waals surface area contributed by atoms with Crippen molar-refractivity contribution in [2.24, 2.45) is 0 Å². The van der Waals surface area contributed by atoms with E-state index in [9.17, 15) is 9.90 Å². The lowest BCUT2D eigenvalue weighted by Crippen LogP contribution is -2.29. The average molecular weight is 307 g/mol. The largest absolute Gasteiger partial charge is 0.508 e. The van der Waals surface area contributed by atoms with Crippen LogP contribution in [-0.4, -0.2) is 11.7 Å². The third-order valence-electron chi connectivity index (χ3n) is 4.38. The molecule has 2 aromatic carbocycles. The van der Waals surface area contributed by atoms with Crippen molar-refractivity contribution in [2.45, 2.75) is 19.4 Å². The molecule has 116 valence electrons. The number of nitrogens with zero attached hydrogens (tertiary/aromatic N) is 1. The Bertz CT molecular complexity index is 929. The first-order chi connectivity index (χ1) is 11.2. The molecule has 0 unspecified atom stereocenters. The zero-order chi connectivity index (χ0) is 15.8. The van der Waals surface area contributed by atoms with E-state index in [2.05, 4.69) is 23.1 Å². The second kappa shape index (κ2) is 5.47. The topological polar surface area (TPSA) is 53.7 Å². The number of aromatic hydroxyl groups is 1. The molecule has 0 fully saturated rings. The molecule has 3 aromatic rings. The van der Waals surface area contributed by atoms with E-state index in [1.807, 2.05) is 6.07 Å². The van der Waals surface area contributed by atoms with Gasteiger partial charge in [0.1, 0.15) is 11.3 Å². The normalized spacial score (nSPS) is 14.0. The van der Waals surface area contributed by atoms with Crippen LogP contribution >= 0.6 is 0 Å². The predicted octanol–water partition coefficient (Wildman–Crippen LogP) is 3.45. The first kappa shape index (κ1) is 13.9. The Balaban J connectivity index is 1.78. The maximum absolute atomic E-state index is 11.8. The molecule has 1 aromatic heterocycles. The first-order valence-electron chi connectivity index (χ1n) is 7.79. The predicted molar refractivity (Wildman–Crippen MR) is 90.0 cm³/mol. The van der Waals surface area contributed by atoms with Crippen LogP contribution in [0, 0.1) is 0 Å². The van der Waals surface area contributed by atoms with Crippen molar-refractivity contribution in [1.82, 2.24) is 0 Å². The molecule has 0 bridgehead atoms. The number of benzene rings is 2. The summed E-state index contributed by atoms with van der Waals surface area (Å²) < 4.78 is 5.21.